The summed E-state index contributed by atoms with van der Waals surface area (Å²) in [6.45, 7) is 5.86. The van der Waals surface area contributed by atoms with E-state index in [1.807, 2.05) is 42.9 Å². The number of aliphatic hydroxyl groups excluding tert-OH is 1. The van der Waals surface area contributed by atoms with Crippen LogP contribution in [0.3, 0.4) is 0 Å². The first-order valence-corrected chi connectivity index (χ1v) is 10.6. The van der Waals surface area contributed by atoms with Gasteiger partial charge >= 0.3 is 0 Å². The predicted octanol–water partition coefficient (Wildman–Crippen LogP) is 3.24. The highest BCUT2D eigenvalue weighted by Gasteiger charge is 2.25. The van der Waals surface area contributed by atoms with Crippen LogP contribution in [0.15, 0.2) is 47.3 Å². The number of oxazole rings is 1. The molecule has 9 heteroatoms. The average Bonchev–Trinajstić information content (AvgIpc) is 3.52. The average molecular weight is 432 g/mol. The van der Waals surface area contributed by atoms with Crippen molar-refractivity contribution in [3.63, 3.8) is 0 Å². The molecule has 0 radical (unpaired) electrons. The number of aryl methyl sites for hydroxylation is 2. The molecule has 0 saturated carbocycles. The first kappa shape index (κ1) is 20.2. The quantitative estimate of drug-likeness (QED) is 0.498. The third kappa shape index (κ3) is 3.71. The Kier molecular flexibility index (Phi) is 5.10. The van der Waals surface area contributed by atoms with Crippen LogP contribution in [-0.2, 0) is 6.54 Å². The number of carbonyl (C=O) groups is 1. The second-order valence-electron chi connectivity index (χ2n) is 7.95. The largest absolute Gasteiger partial charge is 0.444 e. The molecule has 1 aliphatic heterocycles. The van der Waals surface area contributed by atoms with Gasteiger partial charge in [-0.15, -0.1) is 0 Å². The molecule has 9 nitrogen and oxygen atoms in total. The van der Waals surface area contributed by atoms with E-state index in [1.165, 1.54) is 6.26 Å². The monoisotopic (exact) mass is 432 g/mol. The van der Waals surface area contributed by atoms with E-state index in [1.54, 1.807) is 12.3 Å². The van der Waals surface area contributed by atoms with E-state index in [0.29, 0.717) is 31.1 Å². The number of pyridine rings is 1. The minimum atomic E-state index is -0.380. The van der Waals surface area contributed by atoms with Crippen LogP contribution in [0.25, 0.3) is 22.4 Å². The number of benzene rings is 1. The van der Waals surface area contributed by atoms with E-state index in [2.05, 4.69) is 25.3 Å². The molecule has 4 heterocycles. The number of fused-ring (bicyclic) bond motifs is 1. The van der Waals surface area contributed by atoms with E-state index in [0.717, 1.165) is 34.4 Å². The lowest BCUT2D eigenvalue weighted by Gasteiger charge is -2.22. The summed E-state index contributed by atoms with van der Waals surface area (Å²) in [4.78, 5) is 23.7. The molecule has 1 aromatic carbocycles. The van der Waals surface area contributed by atoms with Gasteiger partial charge in [0.15, 0.2) is 5.69 Å². The van der Waals surface area contributed by atoms with Gasteiger partial charge in [-0.2, -0.15) is 5.10 Å². The van der Waals surface area contributed by atoms with Gasteiger partial charge in [-0.3, -0.25) is 14.5 Å². The van der Waals surface area contributed by atoms with Crippen molar-refractivity contribution in [3.05, 3.63) is 54.3 Å². The van der Waals surface area contributed by atoms with Crippen LogP contribution in [0.4, 0.5) is 11.4 Å². The Morgan fingerprint density at radius 3 is 2.97 bits per heavy atom. The Bertz CT molecular complexity index is 1290. The van der Waals surface area contributed by atoms with Crippen LogP contribution in [0.1, 0.15) is 29.5 Å². The third-order valence-corrected chi connectivity index (χ3v) is 5.69. The summed E-state index contributed by atoms with van der Waals surface area (Å²) in [7, 11) is 0. The van der Waals surface area contributed by atoms with Gasteiger partial charge in [-0.05, 0) is 44.5 Å². The van der Waals surface area contributed by atoms with Crippen molar-refractivity contribution in [3.8, 4) is 11.5 Å². The summed E-state index contributed by atoms with van der Waals surface area (Å²) in [6.07, 6.45) is 5.17. The number of hydrogen-bond donors (Lipinski definition) is 2. The molecule has 1 aliphatic rings. The lowest BCUT2D eigenvalue weighted by Crippen LogP contribution is -2.23. The van der Waals surface area contributed by atoms with Crippen molar-refractivity contribution < 1.29 is 14.3 Å². The number of amides is 1. The normalized spacial score (nSPS) is 16.1. The molecule has 0 spiro atoms. The minimum Gasteiger partial charge on any atom is -0.444 e. The van der Waals surface area contributed by atoms with Gasteiger partial charge < -0.3 is 19.7 Å². The summed E-state index contributed by atoms with van der Waals surface area (Å²) >= 11 is 0. The summed E-state index contributed by atoms with van der Waals surface area (Å²) < 4.78 is 7.43. The molecular formula is C23H24N6O3. The van der Waals surface area contributed by atoms with Crippen molar-refractivity contribution in [1.82, 2.24) is 19.7 Å². The number of anilines is 2. The number of carbonyl (C=O) groups excluding carboxylic acids is 1. The molecule has 5 rings (SSSR count). The standard InChI is InChI=1S/C23H24N6O3/c1-3-29-20-10-18(21(9-16(20)11-25-29)28-7-5-17(30)12-28)26-22(31)19-13-32-23(27-19)15-4-6-24-14(2)8-15/h4,6,8-11,13,17,30H,3,5,7,12H2,1-2H3,(H,26,31)/t17-/m0/s1. The molecule has 1 fully saturated rings. The molecule has 1 saturated heterocycles. The molecule has 0 bridgehead atoms. The molecule has 4 aromatic rings. The summed E-state index contributed by atoms with van der Waals surface area (Å²) in [6, 6.07) is 7.58. The van der Waals surface area contributed by atoms with E-state index in [4.69, 9.17) is 4.42 Å². The highest BCUT2D eigenvalue weighted by atomic mass is 16.3. The van der Waals surface area contributed by atoms with Gasteiger partial charge in [0.2, 0.25) is 5.89 Å². The number of aliphatic hydroxyl groups is 1. The number of aromatic nitrogens is 4. The van der Waals surface area contributed by atoms with Crippen molar-refractivity contribution in [2.24, 2.45) is 0 Å². The van der Waals surface area contributed by atoms with Gasteiger partial charge in [0, 0.05) is 42.5 Å². The van der Waals surface area contributed by atoms with E-state index >= 15 is 0 Å². The Hall–Kier alpha value is -3.72. The zero-order chi connectivity index (χ0) is 22.2. The molecule has 3 aromatic heterocycles. The van der Waals surface area contributed by atoms with Crippen molar-refractivity contribution in [2.75, 3.05) is 23.3 Å². The zero-order valence-corrected chi connectivity index (χ0v) is 17.9. The van der Waals surface area contributed by atoms with Crippen LogP contribution >= 0.6 is 0 Å². The number of β-amino-alcohol motifs (C(OH)–C–C–N with tert-alkyl or cyclic N) is 1. The lowest BCUT2D eigenvalue weighted by molar-refractivity contribution is 0.102. The van der Waals surface area contributed by atoms with E-state index in [-0.39, 0.29) is 17.7 Å². The maximum atomic E-state index is 13.0. The Morgan fingerprint density at radius 1 is 1.34 bits per heavy atom. The highest BCUT2D eigenvalue weighted by molar-refractivity contribution is 6.06. The number of rotatable bonds is 5. The fourth-order valence-corrected chi connectivity index (χ4v) is 4.06. The zero-order valence-electron chi connectivity index (χ0n) is 17.9. The summed E-state index contributed by atoms with van der Waals surface area (Å²) in [5.74, 6) is -0.00302. The Balaban J connectivity index is 1.48. The fourth-order valence-electron chi connectivity index (χ4n) is 4.06. The smallest absolute Gasteiger partial charge is 0.277 e. The first-order valence-electron chi connectivity index (χ1n) is 10.6. The van der Waals surface area contributed by atoms with Gasteiger partial charge in [0.05, 0.1) is 29.2 Å². The van der Waals surface area contributed by atoms with Crippen LogP contribution < -0.4 is 10.2 Å². The minimum absolute atomic E-state index is 0.186. The molecule has 2 N–H and O–H groups in total. The number of nitrogens with zero attached hydrogens (tertiary/aromatic N) is 5. The number of hydrogen-bond acceptors (Lipinski definition) is 7. The van der Waals surface area contributed by atoms with E-state index in [9.17, 15) is 9.90 Å². The van der Waals surface area contributed by atoms with E-state index < -0.39 is 0 Å². The number of nitrogens with one attached hydrogen (secondary N) is 1. The summed E-state index contributed by atoms with van der Waals surface area (Å²) in [5.41, 5.74) is 4.22. The van der Waals surface area contributed by atoms with Gasteiger partial charge in [-0.1, -0.05) is 0 Å². The van der Waals surface area contributed by atoms with Crippen LogP contribution in [0.2, 0.25) is 0 Å². The van der Waals surface area contributed by atoms with Crippen LogP contribution in [0.5, 0.6) is 0 Å². The van der Waals surface area contributed by atoms with Crippen LogP contribution in [-0.4, -0.2) is 50.0 Å². The molecule has 1 amide bonds. The van der Waals surface area contributed by atoms with Gasteiger partial charge in [0.25, 0.3) is 5.91 Å². The van der Waals surface area contributed by atoms with Crippen molar-refractivity contribution in [2.45, 2.75) is 32.9 Å². The maximum Gasteiger partial charge on any atom is 0.277 e. The predicted molar refractivity (Wildman–Crippen MR) is 121 cm³/mol. The van der Waals surface area contributed by atoms with Gasteiger partial charge in [0.1, 0.15) is 6.26 Å². The second-order valence-corrected chi connectivity index (χ2v) is 7.95. The van der Waals surface area contributed by atoms with Gasteiger partial charge in [-0.25, -0.2) is 4.98 Å². The second kappa shape index (κ2) is 8.08. The maximum absolute atomic E-state index is 13.0. The summed E-state index contributed by atoms with van der Waals surface area (Å²) in [5, 5.41) is 18.4. The third-order valence-electron chi connectivity index (χ3n) is 5.69. The highest BCUT2D eigenvalue weighted by Crippen LogP contribution is 2.34. The molecule has 0 unspecified atom stereocenters. The van der Waals surface area contributed by atoms with Crippen molar-refractivity contribution >= 4 is 28.2 Å². The molecule has 164 valence electrons. The van der Waals surface area contributed by atoms with Crippen molar-refractivity contribution in [1.29, 1.82) is 0 Å². The lowest BCUT2D eigenvalue weighted by atomic mass is 10.1. The Labute approximate surface area is 184 Å². The topological polar surface area (TPSA) is 109 Å². The van der Waals surface area contributed by atoms with Crippen LogP contribution in [0, 0.1) is 6.92 Å². The fraction of sp³-hybridized carbons (Fsp3) is 0.304. The molecular weight excluding hydrogens is 408 g/mol. The SMILES string of the molecule is CCn1ncc2cc(N3CC[C@H](O)C3)c(NC(=O)c3coc(-c4ccnc(C)c4)n3)cc21. The molecule has 32 heavy (non-hydrogen) atoms. The Morgan fingerprint density at radius 2 is 2.22 bits per heavy atom. The first-order chi connectivity index (χ1) is 15.5. The molecule has 0 aliphatic carbocycles. The molecule has 1 atom stereocenters.